The zero-order chi connectivity index (χ0) is 21.6. The Labute approximate surface area is 173 Å². The van der Waals surface area contributed by atoms with Crippen LogP contribution in [0.4, 0.5) is 13.2 Å². The second-order valence-electron chi connectivity index (χ2n) is 7.16. The van der Waals surface area contributed by atoms with Crippen LogP contribution in [0.3, 0.4) is 0 Å². The number of benzene rings is 2. The second-order valence-corrected chi connectivity index (χ2v) is 7.16. The van der Waals surface area contributed by atoms with Gasteiger partial charge in [0.2, 0.25) is 0 Å². The monoisotopic (exact) mass is 422 g/mol. The topological polar surface area (TPSA) is 50.8 Å². The molecule has 1 heterocycles. The molecule has 0 spiro atoms. The van der Waals surface area contributed by atoms with E-state index in [0.29, 0.717) is 30.2 Å². The Kier molecular flexibility index (Phi) is 7.20. The van der Waals surface area contributed by atoms with Crippen LogP contribution in [0.2, 0.25) is 0 Å². The Morgan fingerprint density at radius 2 is 1.73 bits per heavy atom. The first-order valence-electron chi connectivity index (χ1n) is 9.81. The molecular weight excluding hydrogens is 397 g/mol. The summed E-state index contributed by atoms with van der Waals surface area (Å²) in [5.41, 5.74) is 0.780. The van der Waals surface area contributed by atoms with Crippen LogP contribution in [0.15, 0.2) is 42.5 Å². The van der Waals surface area contributed by atoms with Gasteiger partial charge in [0.25, 0.3) is 5.91 Å². The Hall–Kier alpha value is -2.74. The lowest BCUT2D eigenvalue weighted by Gasteiger charge is -2.17. The van der Waals surface area contributed by atoms with Crippen LogP contribution < -0.4 is 14.8 Å². The van der Waals surface area contributed by atoms with Gasteiger partial charge in [-0.15, -0.1) is 0 Å². The van der Waals surface area contributed by atoms with E-state index in [1.807, 2.05) is 6.07 Å². The number of alkyl halides is 3. The lowest BCUT2D eigenvalue weighted by atomic mass is 10.1. The van der Waals surface area contributed by atoms with Crippen LogP contribution in [0.5, 0.6) is 11.5 Å². The van der Waals surface area contributed by atoms with Gasteiger partial charge in [-0.1, -0.05) is 24.3 Å². The summed E-state index contributed by atoms with van der Waals surface area (Å²) in [6.07, 6.45) is -2.30. The van der Waals surface area contributed by atoms with Gasteiger partial charge < -0.3 is 19.7 Å². The maximum Gasteiger partial charge on any atom is 0.416 e. The number of amides is 1. The van der Waals surface area contributed by atoms with Crippen LogP contribution in [-0.2, 0) is 24.1 Å². The van der Waals surface area contributed by atoms with Gasteiger partial charge in [-0.05, 0) is 42.2 Å². The first-order valence-corrected chi connectivity index (χ1v) is 9.81. The Morgan fingerprint density at radius 1 is 1.03 bits per heavy atom. The smallest absolute Gasteiger partial charge is 0.416 e. The van der Waals surface area contributed by atoms with E-state index < -0.39 is 11.7 Å². The largest absolute Gasteiger partial charge is 0.493 e. The van der Waals surface area contributed by atoms with Crippen LogP contribution >= 0.6 is 0 Å². The molecule has 30 heavy (non-hydrogen) atoms. The van der Waals surface area contributed by atoms with Crippen LogP contribution in [-0.4, -0.2) is 37.6 Å². The number of carbonyl (C=O) groups is 1. The van der Waals surface area contributed by atoms with E-state index in [1.54, 1.807) is 23.1 Å². The lowest BCUT2D eigenvalue weighted by Crippen LogP contribution is -2.32. The average molecular weight is 422 g/mol. The SMILES string of the molecule is COc1cc(CNCc2cccc(C(F)(F)F)c2)ccc1OCC(=O)N1CCCC1. The number of methoxy groups -OCH3 is 1. The standard InChI is InChI=1S/C22H25F3N2O3/c1-29-20-12-17(7-8-19(20)30-15-21(28)27-9-2-3-10-27)14-26-13-16-5-4-6-18(11-16)22(23,24)25/h4-8,11-12,26H,2-3,9-10,13-15H2,1H3. The van der Waals surface area contributed by atoms with Crippen LogP contribution in [0.1, 0.15) is 29.5 Å². The highest BCUT2D eigenvalue weighted by Crippen LogP contribution is 2.30. The zero-order valence-electron chi connectivity index (χ0n) is 16.8. The summed E-state index contributed by atoms with van der Waals surface area (Å²) in [5, 5.41) is 3.13. The highest BCUT2D eigenvalue weighted by molar-refractivity contribution is 5.78. The van der Waals surface area contributed by atoms with Crippen molar-refractivity contribution >= 4 is 5.91 Å². The van der Waals surface area contributed by atoms with E-state index in [-0.39, 0.29) is 12.5 Å². The number of likely N-dealkylation sites (tertiary alicyclic amines) is 1. The molecule has 0 bridgehead atoms. The summed E-state index contributed by atoms with van der Waals surface area (Å²) >= 11 is 0. The molecule has 0 unspecified atom stereocenters. The van der Waals surface area contributed by atoms with Gasteiger partial charge in [-0.3, -0.25) is 4.79 Å². The predicted octanol–water partition coefficient (Wildman–Crippen LogP) is 4.01. The first-order chi connectivity index (χ1) is 14.4. The average Bonchev–Trinajstić information content (AvgIpc) is 3.27. The molecule has 0 aromatic heterocycles. The molecule has 1 amide bonds. The quantitative estimate of drug-likeness (QED) is 0.699. The normalized spacial score (nSPS) is 14.1. The fourth-order valence-corrected chi connectivity index (χ4v) is 3.35. The van der Waals surface area contributed by atoms with Crippen molar-refractivity contribution in [2.45, 2.75) is 32.1 Å². The molecule has 0 atom stereocenters. The molecule has 2 aromatic rings. The van der Waals surface area contributed by atoms with Crippen molar-refractivity contribution in [3.63, 3.8) is 0 Å². The molecular formula is C22H25F3N2O3. The van der Waals surface area contributed by atoms with Crippen molar-refractivity contribution in [3.8, 4) is 11.5 Å². The van der Waals surface area contributed by atoms with Crippen molar-refractivity contribution in [2.24, 2.45) is 0 Å². The number of nitrogens with zero attached hydrogens (tertiary/aromatic N) is 1. The maximum atomic E-state index is 12.8. The molecule has 162 valence electrons. The molecule has 1 aliphatic rings. The third kappa shape index (κ3) is 5.89. The van der Waals surface area contributed by atoms with Crippen molar-refractivity contribution in [1.82, 2.24) is 10.2 Å². The number of nitrogens with one attached hydrogen (secondary N) is 1. The molecule has 1 fully saturated rings. The van der Waals surface area contributed by atoms with Gasteiger partial charge in [0.05, 0.1) is 12.7 Å². The van der Waals surface area contributed by atoms with Crippen molar-refractivity contribution in [2.75, 3.05) is 26.8 Å². The molecule has 5 nitrogen and oxygen atoms in total. The molecule has 3 rings (SSSR count). The van der Waals surface area contributed by atoms with Crippen LogP contribution in [0.25, 0.3) is 0 Å². The number of carbonyl (C=O) groups excluding carboxylic acids is 1. The highest BCUT2D eigenvalue weighted by atomic mass is 19.4. The van der Waals surface area contributed by atoms with Crippen LogP contribution in [0, 0.1) is 0 Å². The predicted molar refractivity (Wildman–Crippen MR) is 106 cm³/mol. The van der Waals surface area contributed by atoms with E-state index in [2.05, 4.69) is 5.32 Å². The number of rotatable bonds is 8. The number of hydrogen-bond donors (Lipinski definition) is 1. The summed E-state index contributed by atoms with van der Waals surface area (Å²) in [4.78, 5) is 13.9. The van der Waals surface area contributed by atoms with E-state index in [1.165, 1.54) is 13.2 Å². The van der Waals surface area contributed by atoms with Crippen molar-refractivity contribution in [1.29, 1.82) is 0 Å². The Balaban J connectivity index is 1.54. The minimum atomic E-state index is -4.35. The lowest BCUT2D eigenvalue weighted by molar-refractivity contribution is -0.137. The van der Waals surface area contributed by atoms with Crippen molar-refractivity contribution in [3.05, 3.63) is 59.2 Å². The first kappa shape index (κ1) is 22.0. The zero-order valence-corrected chi connectivity index (χ0v) is 16.8. The minimum Gasteiger partial charge on any atom is -0.493 e. The van der Waals surface area contributed by atoms with Crippen molar-refractivity contribution < 1.29 is 27.4 Å². The van der Waals surface area contributed by atoms with E-state index >= 15 is 0 Å². The summed E-state index contributed by atoms with van der Waals surface area (Å²) in [7, 11) is 1.52. The second kappa shape index (κ2) is 9.84. The van der Waals surface area contributed by atoms with Gasteiger partial charge in [0.1, 0.15) is 0 Å². The van der Waals surface area contributed by atoms with E-state index in [4.69, 9.17) is 9.47 Å². The third-order valence-corrected chi connectivity index (χ3v) is 4.95. The Bertz CT molecular complexity index is 865. The van der Waals surface area contributed by atoms with Gasteiger partial charge in [-0.2, -0.15) is 13.2 Å². The molecule has 1 aliphatic heterocycles. The van der Waals surface area contributed by atoms with Gasteiger partial charge >= 0.3 is 6.18 Å². The molecule has 0 saturated carbocycles. The molecule has 8 heteroatoms. The molecule has 1 saturated heterocycles. The van der Waals surface area contributed by atoms with E-state index in [9.17, 15) is 18.0 Å². The number of ether oxygens (including phenoxy) is 2. The van der Waals surface area contributed by atoms with Gasteiger partial charge in [0.15, 0.2) is 18.1 Å². The molecule has 2 aromatic carbocycles. The van der Waals surface area contributed by atoms with E-state index in [0.717, 1.165) is 43.6 Å². The maximum absolute atomic E-state index is 12.8. The molecule has 1 N–H and O–H groups in total. The summed E-state index contributed by atoms with van der Waals surface area (Å²) in [6.45, 7) is 2.25. The van der Waals surface area contributed by atoms with Gasteiger partial charge in [0, 0.05) is 26.2 Å². The summed E-state index contributed by atoms with van der Waals surface area (Å²) < 4.78 is 49.4. The number of hydrogen-bond acceptors (Lipinski definition) is 4. The Morgan fingerprint density at radius 3 is 2.40 bits per heavy atom. The third-order valence-electron chi connectivity index (χ3n) is 4.95. The summed E-state index contributed by atoms with van der Waals surface area (Å²) in [6, 6.07) is 10.6. The molecule has 0 aliphatic carbocycles. The number of halogens is 3. The fourth-order valence-electron chi connectivity index (χ4n) is 3.35. The highest BCUT2D eigenvalue weighted by Gasteiger charge is 2.30. The van der Waals surface area contributed by atoms with Gasteiger partial charge in [-0.25, -0.2) is 0 Å². The molecule has 0 radical (unpaired) electrons. The fraction of sp³-hybridized carbons (Fsp3) is 0.409. The minimum absolute atomic E-state index is 0.0382. The summed E-state index contributed by atoms with van der Waals surface area (Å²) in [5.74, 6) is 0.940.